The highest BCUT2D eigenvalue weighted by molar-refractivity contribution is 7.86. The van der Waals surface area contributed by atoms with E-state index in [2.05, 4.69) is 15.0 Å². The summed E-state index contributed by atoms with van der Waals surface area (Å²) in [6, 6.07) is 10.2. The summed E-state index contributed by atoms with van der Waals surface area (Å²) in [4.78, 5) is 13.8. The molecule has 10 nitrogen and oxygen atoms in total. The van der Waals surface area contributed by atoms with Gasteiger partial charge in [-0.2, -0.15) is 16.8 Å². The molecule has 0 aromatic carbocycles. The van der Waals surface area contributed by atoms with Crippen LogP contribution < -0.4 is 0 Å². The molecule has 3 aromatic rings. The molecule has 0 bridgehead atoms. The summed E-state index contributed by atoms with van der Waals surface area (Å²) in [7, 11) is -8.76. The first-order valence-corrected chi connectivity index (χ1v) is 11.5. The van der Waals surface area contributed by atoms with E-state index in [9.17, 15) is 25.9 Å². The molecule has 0 atom stereocenters. The van der Waals surface area contributed by atoms with Gasteiger partial charge >= 0.3 is 0 Å². The first-order valence-electron chi connectivity index (χ1n) is 8.58. The molecule has 2 N–H and O–H groups in total. The van der Waals surface area contributed by atoms with Crippen LogP contribution in [0, 0.1) is 0 Å². The fourth-order valence-electron chi connectivity index (χ4n) is 2.75. The van der Waals surface area contributed by atoms with Crippen LogP contribution in [-0.2, 0) is 39.9 Å². The topological polar surface area (TPSA) is 151 Å². The minimum absolute atomic E-state index is 0.164. The molecule has 0 aliphatic rings. The maximum absolute atomic E-state index is 11.4. The number of pyridine rings is 3. The second-order valence-electron chi connectivity index (χ2n) is 6.38. The summed E-state index contributed by atoms with van der Waals surface area (Å²) in [5, 5.41) is 0. The monoisotopic (exact) mass is 450 g/mol. The van der Waals surface area contributed by atoms with Crippen LogP contribution in [0.5, 0.6) is 0 Å². The maximum atomic E-state index is 11.4. The summed E-state index contributed by atoms with van der Waals surface area (Å²) in [5.74, 6) is 0. The van der Waals surface area contributed by atoms with Crippen molar-refractivity contribution in [3.8, 4) is 0 Å². The van der Waals surface area contributed by atoms with Crippen molar-refractivity contribution in [2.75, 3.05) is 0 Å². The lowest BCUT2D eigenvalue weighted by Gasteiger charge is -2.21. The molecule has 0 aliphatic carbocycles. The molecule has 0 spiro atoms. The molecule has 0 amide bonds. The summed E-state index contributed by atoms with van der Waals surface area (Å²) >= 11 is 0. The van der Waals surface area contributed by atoms with Gasteiger partial charge in [0.2, 0.25) is 0 Å². The smallest absolute Gasteiger partial charge is 0.286 e. The van der Waals surface area contributed by atoms with Crippen molar-refractivity contribution in [3.05, 3.63) is 78.1 Å². The average Bonchev–Trinajstić information content (AvgIpc) is 2.68. The highest BCUT2D eigenvalue weighted by atomic mass is 32.2. The van der Waals surface area contributed by atoms with Gasteiger partial charge < -0.3 is 0 Å². The average molecular weight is 450 g/mol. The van der Waals surface area contributed by atoms with Crippen molar-refractivity contribution in [2.24, 2.45) is 0 Å². The molecule has 0 fully saturated rings. The third-order valence-corrected chi connectivity index (χ3v) is 5.75. The van der Waals surface area contributed by atoms with Crippen molar-refractivity contribution < 1.29 is 25.9 Å². The molecule has 0 radical (unpaired) electrons. The zero-order chi connectivity index (χ0) is 21.8. The Bertz CT molecular complexity index is 1160. The molecule has 3 aromatic heterocycles. The standard InChI is InChI=1S/C18H18N4O6S2/c23-29(24,25)17-4-7-20-15(9-17)12-22(11-14-3-1-2-6-19-14)13-16-10-18(5-8-21-16)30(26,27)28/h1-10H,11-13H2,(H,23,24,25)(H,26,27,28). The zero-order valence-corrected chi connectivity index (χ0v) is 17.2. The third-order valence-electron chi connectivity index (χ3n) is 4.05. The van der Waals surface area contributed by atoms with Gasteiger partial charge in [0.05, 0.1) is 26.9 Å². The van der Waals surface area contributed by atoms with Gasteiger partial charge in [-0.3, -0.25) is 29.0 Å². The van der Waals surface area contributed by atoms with Gasteiger partial charge in [-0.25, -0.2) is 0 Å². The lowest BCUT2D eigenvalue weighted by Crippen LogP contribution is -2.24. The van der Waals surface area contributed by atoms with Crippen LogP contribution >= 0.6 is 0 Å². The van der Waals surface area contributed by atoms with E-state index >= 15 is 0 Å². The van der Waals surface area contributed by atoms with Gasteiger partial charge in [0.1, 0.15) is 0 Å². The largest absolute Gasteiger partial charge is 0.294 e. The molecule has 30 heavy (non-hydrogen) atoms. The van der Waals surface area contributed by atoms with Crippen molar-refractivity contribution in [1.82, 2.24) is 19.9 Å². The Morgan fingerprint density at radius 1 is 0.667 bits per heavy atom. The summed E-state index contributed by atoms with van der Waals surface area (Å²) in [5.41, 5.74) is 1.45. The van der Waals surface area contributed by atoms with E-state index in [-0.39, 0.29) is 22.9 Å². The van der Waals surface area contributed by atoms with Crippen LogP contribution in [0.4, 0.5) is 0 Å². The van der Waals surface area contributed by atoms with Gasteiger partial charge in [0.15, 0.2) is 0 Å². The molecule has 0 saturated heterocycles. The first-order chi connectivity index (χ1) is 14.1. The van der Waals surface area contributed by atoms with E-state index in [1.54, 1.807) is 18.3 Å². The molecule has 0 saturated carbocycles. The van der Waals surface area contributed by atoms with Crippen LogP contribution in [0.2, 0.25) is 0 Å². The molecular formula is C18H18N4O6S2. The van der Waals surface area contributed by atoms with Crippen molar-refractivity contribution in [2.45, 2.75) is 29.4 Å². The lowest BCUT2D eigenvalue weighted by atomic mass is 10.2. The number of nitrogens with zero attached hydrogens (tertiary/aromatic N) is 4. The second kappa shape index (κ2) is 8.93. The van der Waals surface area contributed by atoms with E-state index < -0.39 is 20.2 Å². The van der Waals surface area contributed by atoms with E-state index in [1.165, 1.54) is 36.7 Å². The Morgan fingerprint density at radius 2 is 1.13 bits per heavy atom. The molecule has 0 aliphatic heterocycles. The fraction of sp³-hybridized carbons (Fsp3) is 0.167. The Kier molecular flexibility index (Phi) is 6.53. The van der Waals surface area contributed by atoms with Crippen LogP contribution in [0.3, 0.4) is 0 Å². The second-order valence-corrected chi connectivity index (χ2v) is 9.23. The first kappa shape index (κ1) is 21.9. The molecular weight excluding hydrogens is 432 g/mol. The predicted octanol–water partition coefficient (Wildman–Crippen LogP) is 1.57. The van der Waals surface area contributed by atoms with E-state index in [1.807, 2.05) is 11.0 Å². The van der Waals surface area contributed by atoms with E-state index in [4.69, 9.17) is 0 Å². The number of hydrogen-bond donors (Lipinski definition) is 2. The normalized spacial score (nSPS) is 12.2. The van der Waals surface area contributed by atoms with Crippen molar-refractivity contribution in [1.29, 1.82) is 0 Å². The van der Waals surface area contributed by atoms with Gasteiger partial charge in [-0.15, -0.1) is 0 Å². The van der Waals surface area contributed by atoms with Gasteiger partial charge in [-0.1, -0.05) is 6.07 Å². The van der Waals surface area contributed by atoms with Gasteiger partial charge in [0, 0.05) is 38.2 Å². The summed E-state index contributed by atoms with van der Waals surface area (Å²) in [6.07, 6.45) is 4.17. The number of aromatic nitrogens is 3. The Balaban J connectivity index is 1.90. The highest BCUT2D eigenvalue weighted by Crippen LogP contribution is 2.16. The van der Waals surface area contributed by atoms with E-state index in [0.29, 0.717) is 17.9 Å². The number of rotatable bonds is 8. The van der Waals surface area contributed by atoms with Gasteiger partial charge in [-0.05, 0) is 36.4 Å². The Labute approximate surface area is 173 Å². The third kappa shape index (κ3) is 6.11. The summed E-state index contributed by atoms with van der Waals surface area (Å²) < 4.78 is 64.1. The van der Waals surface area contributed by atoms with Gasteiger partial charge in [0.25, 0.3) is 20.2 Å². The lowest BCUT2D eigenvalue weighted by molar-refractivity contribution is 0.238. The zero-order valence-electron chi connectivity index (χ0n) is 15.5. The SMILES string of the molecule is O=S(=O)(O)c1ccnc(CN(Cc2ccccn2)Cc2cc(S(=O)(=O)O)ccn2)c1. The van der Waals surface area contributed by atoms with Crippen molar-refractivity contribution >= 4 is 20.2 Å². The minimum atomic E-state index is -4.38. The Morgan fingerprint density at radius 3 is 1.57 bits per heavy atom. The Hall–Kier alpha value is -2.77. The van der Waals surface area contributed by atoms with Crippen LogP contribution in [0.25, 0.3) is 0 Å². The molecule has 3 heterocycles. The molecule has 3 rings (SSSR count). The summed E-state index contributed by atoms with van der Waals surface area (Å²) in [6.45, 7) is 0.659. The number of hydrogen-bond acceptors (Lipinski definition) is 8. The highest BCUT2D eigenvalue weighted by Gasteiger charge is 2.16. The quantitative estimate of drug-likeness (QED) is 0.484. The van der Waals surface area contributed by atoms with Crippen LogP contribution in [0.1, 0.15) is 17.1 Å². The molecule has 0 unspecified atom stereocenters. The minimum Gasteiger partial charge on any atom is -0.286 e. The van der Waals surface area contributed by atoms with Crippen LogP contribution in [0.15, 0.2) is 70.8 Å². The van der Waals surface area contributed by atoms with Crippen LogP contribution in [-0.4, -0.2) is 45.8 Å². The van der Waals surface area contributed by atoms with Crippen molar-refractivity contribution in [3.63, 3.8) is 0 Å². The molecule has 12 heteroatoms. The van der Waals surface area contributed by atoms with E-state index in [0.717, 1.165) is 5.69 Å². The maximum Gasteiger partial charge on any atom is 0.294 e. The predicted molar refractivity (Wildman–Crippen MR) is 105 cm³/mol. The molecule has 158 valence electrons. The fourth-order valence-corrected chi connectivity index (χ4v) is 3.79.